The fraction of sp³-hybridized carbons (Fsp3) is 0.900. The summed E-state index contributed by atoms with van der Waals surface area (Å²) in [6.45, 7) is -0.779. The smallest absolute Gasteiger partial charge is 0.378 e. The number of hydrogen-bond acceptors (Lipinski definition) is 4. The minimum atomic E-state index is -4.42. The molecular formula is C10H17F3N2O3. The van der Waals surface area contributed by atoms with Gasteiger partial charge in [0.05, 0.1) is 6.61 Å². The molecule has 0 aromatic rings. The fourth-order valence-electron chi connectivity index (χ4n) is 1.63. The molecule has 1 rings (SSSR count). The second-order valence-corrected chi connectivity index (χ2v) is 4.22. The Bertz CT molecular complexity index is 278. The summed E-state index contributed by atoms with van der Waals surface area (Å²) in [6.07, 6.45) is -3.04. The van der Waals surface area contributed by atoms with Crippen LogP contribution in [0.25, 0.3) is 0 Å². The molecule has 0 aromatic heterocycles. The van der Waals surface area contributed by atoms with Gasteiger partial charge >= 0.3 is 6.18 Å². The van der Waals surface area contributed by atoms with Crippen LogP contribution < -0.4 is 11.1 Å². The van der Waals surface area contributed by atoms with Gasteiger partial charge in [0.15, 0.2) is 0 Å². The van der Waals surface area contributed by atoms with Gasteiger partial charge in [0, 0.05) is 13.2 Å². The molecule has 106 valence electrons. The minimum absolute atomic E-state index is 0.166. The number of ether oxygens (including phenoxy) is 2. The lowest BCUT2D eigenvalue weighted by Crippen LogP contribution is -2.49. The summed E-state index contributed by atoms with van der Waals surface area (Å²) in [5.74, 6) is -0.814. The van der Waals surface area contributed by atoms with Gasteiger partial charge in [-0.25, -0.2) is 0 Å². The van der Waals surface area contributed by atoms with Crippen molar-refractivity contribution in [3.63, 3.8) is 0 Å². The number of amides is 1. The molecule has 1 fully saturated rings. The lowest BCUT2D eigenvalue weighted by molar-refractivity contribution is -0.154. The molecule has 1 heterocycles. The third kappa shape index (κ3) is 5.19. The van der Waals surface area contributed by atoms with Gasteiger partial charge in [0.1, 0.15) is 18.8 Å². The summed E-state index contributed by atoms with van der Waals surface area (Å²) in [7, 11) is 0. The largest absolute Gasteiger partial charge is 0.405 e. The Balaban J connectivity index is 2.32. The van der Waals surface area contributed by atoms with Crippen molar-refractivity contribution in [1.82, 2.24) is 5.32 Å². The van der Waals surface area contributed by atoms with Gasteiger partial charge in [0.25, 0.3) is 0 Å². The van der Waals surface area contributed by atoms with Crippen LogP contribution in [0, 0.1) is 0 Å². The number of nitrogens with two attached hydrogens (primary N) is 1. The molecule has 1 unspecified atom stereocenters. The van der Waals surface area contributed by atoms with Crippen molar-refractivity contribution >= 4 is 5.91 Å². The van der Waals surface area contributed by atoms with E-state index in [9.17, 15) is 18.0 Å². The lowest BCUT2D eigenvalue weighted by atomic mass is 9.97. The fourth-order valence-corrected chi connectivity index (χ4v) is 1.63. The maximum Gasteiger partial charge on any atom is 0.405 e. The topological polar surface area (TPSA) is 73.6 Å². The molecule has 1 aliphatic heterocycles. The van der Waals surface area contributed by atoms with Crippen molar-refractivity contribution in [2.45, 2.75) is 24.6 Å². The van der Waals surface area contributed by atoms with E-state index in [2.05, 4.69) is 0 Å². The van der Waals surface area contributed by atoms with E-state index in [0.29, 0.717) is 13.0 Å². The van der Waals surface area contributed by atoms with E-state index in [1.165, 1.54) is 0 Å². The van der Waals surface area contributed by atoms with Crippen LogP contribution in [-0.4, -0.2) is 50.6 Å². The first-order chi connectivity index (χ1) is 8.37. The Morgan fingerprint density at radius 3 is 2.72 bits per heavy atom. The number of halogens is 3. The van der Waals surface area contributed by atoms with Crippen LogP contribution >= 0.6 is 0 Å². The van der Waals surface area contributed by atoms with Crippen molar-refractivity contribution in [2.75, 3.05) is 32.9 Å². The normalized spacial score (nSPS) is 24.9. The summed E-state index contributed by atoms with van der Waals surface area (Å²) >= 11 is 0. The summed E-state index contributed by atoms with van der Waals surface area (Å²) < 4.78 is 46.1. The molecular weight excluding hydrogens is 253 g/mol. The summed E-state index contributed by atoms with van der Waals surface area (Å²) in [4.78, 5) is 11.2. The van der Waals surface area contributed by atoms with Gasteiger partial charge in [-0.1, -0.05) is 0 Å². The Kier molecular flexibility index (Phi) is 5.36. The van der Waals surface area contributed by atoms with Crippen molar-refractivity contribution in [1.29, 1.82) is 0 Å². The van der Waals surface area contributed by atoms with E-state index in [4.69, 9.17) is 15.2 Å². The molecule has 0 spiro atoms. The maximum atomic E-state index is 11.9. The van der Waals surface area contributed by atoms with Crippen molar-refractivity contribution in [3.8, 4) is 0 Å². The quantitative estimate of drug-likeness (QED) is 0.748. The molecule has 8 heteroatoms. The highest BCUT2D eigenvalue weighted by atomic mass is 19.4. The molecule has 1 atom stereocenters. The van der Waals surface area contributed by atoms with Crippen LogP contribution in [0.2, 0.25) is 0 Å². The molecule has 1 saturated heterocycles. The Morgan fingerprint density at radius 1 is 1.50 bits per heavy atom. The Morgan fingerprint density at radius 2 is 2.22 bits per heavy atom. The Labute approximate surface area is 103 Å². The lowest BCUT2D eigenvalue weighted by Gasteiger charge is -2.35. The number of nitrogens with one attached hydrogen (secondary N) is 1. The standard InChI is InChI=1S/C10H17F3N2O3/c11-10(12,13)6-15-8(16)4-18-9(5-14)2-1-3-17-7-9/h1-7,14H2,(H,15,16). The van der Waals surface area contributed by atoms with E-state index >= 15 is 0 Å². The summed E-state index contributed by atoms with van der Waals surface area (Å²) in [5.41, 5.74) is 4.79. The van der Waals surface area contributed by atoms with Gasteiger partial charge in [-0.15, -0.1) is 0 Å². The second-order valence-electron chi connectivity index (χ2n) is 4.22. The first-order valence-electron chi connectivity index (χ1n) is 5.62. The van der Waals surface area contributed by atoms with Crippen molar-refractivity contribution in [3.05, 3.63) is 0 Å². The van der Waals surface area contributed by atoms with Crippen molar-refractivity contribution < 1.29 is 27.4 Å². The van der Waals surface area contributed by atoms with E-state index in [0.717, 1.165) is 6.42 Å². The molecule has 0 radical (unpaired) electrons. The SMILES string of the molecule is NCC1(OCC(=O)NCC(F)(F)F)CCCOC1. The third-order valence-corrected chi connectivity index (χ3v) is 2.65. The van der Waals surface area contributed by atoms with Crippen LogP contribution in [0.1, 0.15) is 12.8 Å². The average molecular weight is 270 g/mol. The molecule has 0 saturated carbocycles. The van der Waals surface area contributed by atoms with Gasteiger partial charge in [-0.2, -0.15) is 13.2 Å². The molecule has 3 N–H and O–H groups in total. The number of rotatable bonds is 5. The molecule has 18 heavy (non-hydrogen) atoms. The molecule has 0 aliphatic carbocycles. The number of carbonyl (C=O) groups excluding carboxylic acids is 1. The van der Waals surface area contributed by atoms with Gasteiger partial charge in [-0.05, 0) is 12.8 Å². The van der Waals surface area contributed by atoms with Crippen molar-refractivity contribution in [2.24, 2.45) is 5.73 Å². The molecule has 0 bridgehead atoms. The zero-order valence-corrected chi connectivity index (χ0v) is 9.89. The van der Waals surface area contributed by atoms with E-state index in [1.807, 2.05) is 0 Å². The number of hydrogen-bond donors (Lipinski definition) is 2. The van der Waals surface area contributed by atoms with Crippen LogP contribution in [0.15, 0.2) is 0 Å². The highest BCUT2D eigenvalue weighted by molar-refractivity contribution is 5.77. The van der Waals surface area contributed by atoms with Crippen LogP contribution in [0.3, 0.4) is 0 Å². The van der Waals surface area contributed by atoms with Gasteiger partial charge in [-0.3, -0.25) is 4.79 Å². The summed E-state index contributed by atoms with van der Waals surface area (Å²) in [6, 6.07) is 0. The molecule has 5 nitrogen and oxygen atoms in total. The second kappa shape index (κ2) is 6.35. The van der Waals surface area contributed by atoms with E-state index < -0.39 is 30.8 Å². The Hall–Kier alpha value is -0.860. The summed E-state index contributed by atoms with van der Waals surface area (Å²) in [5, 5.41) is 1.73. The zero-order chi connectivity index (χ0) is 13.6. The monoisotopic (exact) mass is 270 g/mol. The van der Waals surface area contributed by atoms with E-state index in [-0.39, 0.29) is 13.2 Å². The first-order valence-corrected chi connectivity index (χ1v) is 5.62. The number of carbonyl (C=O) groups is 1. The number of alkyl halides is 3. The predicted octanol–water partition coefficient (Wildman–Crippen LogP) is 0.189. The predicted molar refractivity (Wildman–Crippen MR) is 56.9 cm³/mol. The van der Waals surface area contributed by atoms with Gasteiger partial charge < -0.3 is 20.5 Å². The highest BCUT2D eigenvalue weighted by Gasteiger charge is 2.33. The van der Waals surface area contributed by atoms with Crippen LogP contribution in [0.4, 0.5) is 13.2 Å². The third-order valence-electron chi connectivity index (χ3n) is 2.65. The van der Waals surface area contributed by atoms with E-state index in [1.54, 1.807) is 5.32 Å². The zero-order valence-electron chi connectivity index (χ0n) is 9.89. The van der Waals surface area contributed by atoms with Crippen LogP contribution in [0.5, 0.6) is 0 Å². The molecule has 1 aliphatic rings. The maximum absolute atomic E-state index is 11.9. The minimum Gasteiger partial charge on any atom is -0.378 e. The molecule has 0 aromatic carbocycles. The highest BCUT2D eigenvalue weighted by Crippen LogP contribution is 2.22. The molecule has 1 amide bonds. The van der Waals surface area contributed by atoms with Crippen LogP contribution in [-0.2, 0) is 14.3 Å². The first kappa shape index (κ1) is 15.2. The van der Waals surface area contributed by atoms with Gasteiger partial charge in [0.2, 0.25) is 5.91 Å². The average Bonchev–Trinajstić information content (AvgIpc) is 2.34.